The summed E-state index contributed by atoms with van der Waals surface area (Å²) in [5.41, 5.74) is 6.19. The zero-order valence-electron chi connectivity index (χ0n) is 17.8. The first-order chi connectivity index (χ1) is 13.7. The van der Waals surface area contributed by atoms with Crippen molar-refractivity contribution >= 4 is 24.0 Å². The molecule has 0 saturated carbocycles. The Kier molecular flexibility index (Phi) is 5.01. The third-order valence-electron chi connectivity index (χ3n) is 5.99. The van der Waals surface area contributed by atoms with Crippen molar-refractivity contribution in [1.82, 2.24) is 0 Å². The van der Waals surface area contributed by atoms with E-state index in [0.29, 0.717) is 0 Å². The lowest BCUT2D eigenvalue weighted by atomic mass is 9.79. The number of anilines is 2. The van der Waals surface area contributed by atoms with E-state index in [1.165, 1.54) is 16.7 Å². The molecule has 3 nitrogen and oxygen atoms in total. The number of hydrogen-bond donors (Lipinski definition) is 1. The Hall–Kier alpha value is -2.56. The minimum Gasteiger partial charge on any atom is -0.399 e. The fourth-order valence-corrected chi connectivity index (χ4v) is 3.36. The molecule has 4 heteroatoms. The number of aryl methyl sites for hydroxylation is 1. The summed E-state index contributed by atoms with van der Waals surface area (Å²) in [5.74, 6) is 0. The van der Waals surface area contributed by atoms with E-state index >= 15 is 0 Å². The molecule has 29 heavy (non-hydrogen) atoms. The summed E-state index contributed by atoms with van der Waals surface area (Å²) in [6, 6.07) is 25.4. The number of rotatable bonds is 4. The third kappa shape index (κ3) is 4.09. The van der Waals surface area contributed by atoms with Gasteiger partial charge in [0.1, 0.15) is 0 Å². The standard InChI is InChI=1S/C25H28BNO2/c1-18-6-8-19(9-7-18)20-10-14-22(15-11-20)27-23-16-12-21(13-17-23)26-28-24(2,3)25(4,5)29-26/h6-17,27H,1-5H3. The van der Waals surface area contributed by atoms with Crippen molar-refractivity contribution in [3.8, 4) is 11.1 Å². The van der Waals surface area contributed by atoms with Gasteiger partial charge in [0.25, 0.3) is 0 Å². The molecule has 0 bridgehead atoms. The normalized spacial score (nSPS) is 17.3. The Bertz CT molecular complexity index is 961. The van der Waals surface area contributed by atoms with E-state index in [0.717, 1.165) is 16.8 Å². The van der Waals surface area contributed by atoms with E-state index < -0.39 is 0 Å². The fourth-order valence-electron chi connectivity index (χ4n) is 3.36. The molecule has 0 aliphatic carbocycles. The lowest BCUT2D eigenvalue weighted by Gasteiger charge is -2.32. The van der Waals surface area contributed by atoms with Crippen LogP contribution in [0.15, 0.2) is 72.8 Å². The second kappa shape index (κ2) is 7.36. The maximum atomic E-state index is 6.13. The summed E-state index contributed by atoms with van der Waals surface area (Å²) in [6.45, 7) is 10.4. The first-order valence-electron chi connectivity index (χ1n) is 10.1. The van der Waals surface area contributed by atoms with Crippen molar-refractivity contribution in [1.29, 1.82) is 0 Å². The number of nitrogens with one attached hydrogen (secondary N) is 1. The van der Waals surface area contributed by atoms with E-state index in [2.05, 4.69) is 113 Å². The number of benzene rings is 3. The van der Waals surface area contributed by atoms with E-state index in [1.54, 1.807) is 0 Å². The minimum absolute atomic E-state index is 0.326. The Labute approximate surface area is 174 Å². The minimum atomic E-state index is -0.331. The van der Waals surface area contributed by atoms with Gasteiger partial charge in [0.05, 0.1) is 11.2 Å². The van der Waals surface area contributed by atoms with Crippen LogP contribution in [0.4, 0.5) is 11.4 Å². The maximum absolute atomic E-state index is 6.13. The lowest BCUT2D eigenvalue weighted by Crippen LogP contribution is -2.41. The molecule has 3 aromatic carbocycles. The lowest BCUT2D eigenvalue weighted by molar-refractivity contribution is 0.00578. The molecule has 0 amide bonds. The van der Waals surface area contributed by atoms with Crippen molar-refractivity contribution in [3.05, 3.63) is 78.4 Å². The highest BCUT2D eigenvalue weighted by molar-refractivity contribution is 6.62. The van der Waals surface area contributed by atoms with Crippen molar-refractivity contribution < 1.29 is 9.31 Å². The molecule has 1 aliphatic rings. The monoisotopic (exact) mass is 385 g/mol. The van der Waals surface area contributed by atoms with Crippen molar-refractivity contribution in [2.45, 2.75) is 45.8 Å². The molecule has 4 rings (SSSR count). The van der Waals surface area contributed by atoms with E-state index in [4.69, 9.17) is 9.31 Å². The highest BCUT2D eigenvalue weighted by atomic mass is 16.7. The Morgan fingerprint density at radius 3 is 1.52 bits per heavy atom. The van der Waals surface area contributed by atoms with Gasteiger partial charge in [0.15, 0.2) is 0 Å². The van der Waals surface area contributed by atoms with Crippen LogP contribution in [0.2, 0.25) is 0 Å². The van der Waals surface area contributed by atoms with Gasteiger partial charge in [-0.2, -0.15) is 0 Å². The summed E-state index contributed by atoms with van der Waals surface area (Å²) in [4.78, 5) is 0. The first kappa shape index (κ1) is 19.7. The van der Waals surface area contributed by atoms with Gasteiger partial charge < -0.3 is 14.6 Å². The molecule has 148 valence electrons. The molecule has 1 N–H and O–H groups in total. The molecular formula is C25H28BNO2. The van der Waals surface area contributed by atoms with Crippen LogP contribution >= 0.6 is 0 Å². The summed E-state index contributed by atoms with van der Waals surface area (Å²) in [5, 5.41) is 3.46. The summed E-state index contributed by atoms with van der Waals surface area (Å²) in [6.07, 6.45) is 0. The van der Waals surface area contributed by atoms with Gasteiger partial charge in [-0.1, -0.05) is 54.1 Å². The van der Waals surface area contributed by atoms with Crippen molar-refractivity contribution in [2.75, 3.05) is 5.32 Å². The molecule has 3 aromatic rings. The summed E-state index contributed by atoms with van der Waals surface area (Å²) in [7, 11) is -0.331. The van der Waals surface area contributed by atoms with Crippen LogP contribution in [0.5, 0.6) is 0 Å². The molecule has 1 heterocycles. The van der Waals surface area contributed by atoms with Crippen LogP contribution in [0.25, 0.3) is 11.1 Å². The van der Waals surface area contributed by atoms with Crippen LogP contribution < -0.4 is 10.8 Å². The SMILES string of the molecule is Cc1ccc(-c2ccc(Nc3ccc(B4OC(C)(C)C(C)(C)O4)cc3)cc2)cc1. The molecule has 0 unspecified atom stereocenters. The van der Waals surface area contributed by atoms with Crippen LogP contribution in [0.3, 0.4) is 0 Å². The number of hydrogen-bond acceptors (Lipinski definition) is 3. The zero-order chi connectivity index (χ0) is 20.6. The topological polar surface area (TPSA) is 30.5 Å². The van der Waals surface area contributed by atoms with E-state index in [9.17, 15) is 0 Å². The molecule has 0 radical (unpaired) electrons. The average molecular weight is 385 g/mol. The molecule has 1 aliphatic heterocycles. The van der Waals surface area contributed by atoms with E-state index in [1.807, 2.05) is 0 Å². The van der Waals surface area contributed by atoms with Crippen molar-refractivity contribution in [3.63, 3.8) is 0 Å². The van der Waals surface area contributed by atoms with Gasteiger partial charge in [0, 0.05) is 11.4 Å². The zero-order valence-corrected chi connectivity index (χ0v) is 17.8. The summed E-state index contributed by atoms with van der Waals surface area (Å²) >= 11 is 0. The predicted molar refractivity (Wildman–Crippen MR) is 122 cm³/mol. The van der Waals surface area contributed by atoms with Gasteiger partial charge >= 0.3 is 7.12 Å². The highest BCUT2D eigenvalue weighted by Crippen LogP contribution is 2.36. The van der Waals surface area contributed by atoms with Crippen LogP contribution in [-0.2, 0) is 9.31 Å². The molecular weight excluding hydrogens is 357 g/mol. The Morgan fingerprint density at radius 2 is 1.03 bits per heavy atom. The van der Waals surface area contributed by atoms with Crippen LogP contribution in [0.1, 0.15) is 33.3 Å². The van der Waals surface area contributed by atoms with Gasteiger partial charge in [-0.15, -0.1) is 0 Å². The fraction of sp³-hybridized carbons (Fsp3) is 0.280. The quantitative estimate of drug-likeness (QED) is 0.584. The first-order valence-corrected chi connectivity index (χ1v) is 10.1. The van der Waals surface area contributed by atoms with E-state index in [-0.39, 0.29) is 18.3 Å². The molecule has 1 fully saturated rings. The average Bonchev–Trinajstić information content (AvgIpc) is 2.91. The van der Waals surface area contributed by atoms with Gasteiger partial charge in [-0.25, -0.2) is 0 Å². The van der Waals surface area contributed by atoms with Gasteiger partial charge in [-0.3, -0.25) is 0 Å². The van der Waals surface area contributed by atoms with Gasteiger partial charge in [-0.05, 0) is 75.5 Å². The second-order valence-corrected chi connectivity index (χ2v) is 8.78. The smallest absolute Gasteiger partial charge is 0.399 e. The van der Waals surface area contributed by atoms with Crippen LogP contribution in [0, 0.1) is 6.92 Å². The third-order valence-corrected chi connectivity index (χ3v) is 5.99. The van der Waals surface area contributed by atoms with Crippen molar-refractivity contribution in [2.24, 2.45) is 0 Å². The maximum Gasteiger partial charge on any atom is 0.494 e. The Balaban J connectivity index is 1.43. The van der Waals surface area contributed by atoms with Gasteiger partial charge in [0.2, 0.25) is 0 Å². The second-order valence-electron chi connectivity index (χ2n) is 8.78. The summed E-state index contributed by atoms with van der Waals surface area (Å²) < 4.78 is 12.3. The largest absolute Gasteiger partial charge is 0.494 e. The predicted octanol–water partition coefficient (Wildman–Crippen LogP) is 5.70. The molecule has 0 aromatic heterocycles. The Morgan fingerprint density at radius 1 is 0.621 bits per heavy atom. The molecule has 0 spiro atoms. The molecule has 0 atom stereocenters. The highest BCUT2D eigenvalue weighted by Gasteiger charge is 2.51. The van der Waals surface area contributed by atoms with Crippen LogP contribution in [-0.4, -0.2) is 18.3 Å². The molecule has 1 saturated heterocycles.